The molecular weight excluding hydrogens is 376 g/mol. The third-order valence-corrected chi connectivity index (χ3v) is 5.58. The lowest BCUT2D eigenvalue weighted by molar-refractivity contribution is -0.124. The molecule has 0 saturated carbocycles. The molecule has 30 heavy (non-hydrogen) atoms. The first kappa shape index (κ1) is 19.9. The molecule has 6 nitrogen and oxygen atoms in total. The maximum Gasteiger partial charge on any atom is 0.289 e. The van der Waals surface area contributed by atoms with Crippen LogP contribution in [0, 0.1) is 12.8 Å². The average Bonchev–Trinajstić information content (AvgIpc) is 3.09. The van der Waals surface area contributed by atoms with E-state index in [1.54, 1.807) is 28.9 Å². The van der Waals surface area contributed by atoms with Gasteiger partial charge >= 0.3 is 0 Å². The molecule has 1 saturated heterocycles. The summed E-state index contributed by atoms with van der Waals surface area (Å²) in [6, 6.07) is 16.7. The molecule has 1 aliphatic rings. The van der Waals surface area contributed by atoms with Crippen molar-refractivity contribution in [3.63, 3.8) is 0 Å². The number of amides is 2. The van der Waals surface area contributed by atoms with Gasteiger partial charge in [-0.1, -0.05) is 54.1 Å². The monoisotopic (exact) mass is 402 g/mol. The fourth-order valence-corrected chi connectivity index (χ4v) is 3.90. The lowest BCUT2D eigenvalue weighted by Crippen LogP contribution is -2.38. The molecule has 1 N–H and O–H groups in total. The van der Waals surface area contributed by atoms with Gasteiger partial charge in [0.1, 0.15) is 0 Å². The second-order valence-electron chi connectivity index (χ2n) is 7.87. The largest absolute Gasteiger partial charge is 0.354 e. The van der Waals surface area contributed by atoms with Crippen molar-refractivity contribution >= 4 is 11.8 Å². The summed E-state index contributed by atoms with van der Waals surface area (Å²) >= 11 is 0. The minimum atomic E-state index is -0.290. The summed E-state index contributed by atoms with van der Waals surface area (Å²) in [5.74, 6) is -0.0427. The van der Waals surface area contributed by atoms with Crippen LogP contribution >= 0.6 is 0 Å². The molecule has 6 heteroatoms. The highest BCUT2D eigenvalue weighted by atomic mass is 16.2. The molecule has 1 aromatic heterocycles. The molecule has 4 rings (SSSR count). The highest BCUT2D eigenvalue weighted by Crippen LogP contribution is 2.22. The standard InChI is InChI=1S/C24H26N4O2/c1-17-4-3-5-20(14-17)19-8-6-18(7-9-19)15-21-16-28(13-11-26-23(21)29)24(30)22-25-10-12-27(22)2/h3-10,12,14,21H,11,13,15-16H2,1-2H3,(H,26,29). The van der Waals surface area contributed by atoms with Gasteiger partial charge in [0.15, 0.2) is 5.82 Å². The zero-order chi connectivity index (χ0) is 21.1. The number of benzene rings is 2. The quantitative estimate of drug-likeness (QED) is 0.730. The van der Waals surface area contributed by atoms with E-state index < -0.39 is 0 Å². The molecule has 0 radical (unpaired) electrons. The van der Waals surface area contributed by atoms with E-state index in [1.807, 2.05) is 0 Å². The van der Waals surface area contributed by atoms with E-state index in [9.17, 15) is 9.59 Å². The predicted octanol–water partition coefficient (Wildman–Crippen LogP) is 2.83. The fourth-order valence-electron chi connectivity index (χ4n) is 3.90. The Labute approximate surface area is 176 Å². The Morgan fingerprint density at radius 1 is 1.17 bits per heavy atom. The molecule has 0 bridgehead atoms. The smallest absolute Gasteiger partial charge is 0.289 e. The van der Waals surface area contributed by atoms with Gasteiger partial charge in [-0.3, -0.25) is 9.59 Å². The van der Waals surface area contributed by atoms with Crippen LogP contribution in [0.15, 0.2) is 60.9 Å². The molecule has 2 amide bonds. The van der Waals surface area contributed by atoms with E-state index in [1.165, 1.54) is 11.1 Å². The fraction of sp³-hybridized carbons (Fsp3) is 0.292. The Hall–Kier alpha value is -3.41. The minimum Gasteiger partial charge on any atom is -0.354 e. The Morgan fingerprint density at radius 2 is 1.97 bits per heavy atom. The van der Waals surface area contributed by atoms with Gasteiger partial charge < -0.3 is 14.8 Å². The van der Waals surface area contributed by atoms with Crippen molar-refractivity contribution in [2.75, 3.05) is 19.6 Å². The van der Waals surface area contributed by atoms with Crippen molar-refractivity contribution in [3.8, 4) is 11.1 Å². The van der Waals surface area contributed by atoms with E-state index in [0.717, 1.165) is 11.1 Å². The Balaban J connectivity index is 1.49. The van der Waals surface area contributed by atoms with Crippen LogP contribution in [0.2, 0.25) is 0 Å². The SMILES string of the molecule is Cc1cccc(-c2ccc(CC3CN(C(=O)c4nccn4C)CCNC3=O)cc2)c1. The molecule has 1 unspecified atom stereocenters. The zero-order valence-corrected chi connectivity index (χ0v) is 17.3. The number of nitrogens with zero attached hydrogens (tertiary/aromatic N) is 3. The molecular formula is C24H26N4O2. The summed E-state index contributed by atoms with van der Waals surface area (Å²) in [5, 5.41) is 2.94. The van der Waals surface area contributed by atoms with Crippen LogP contribution < -0.4 is 5.32 Å². The molecule has 1 atom stereocenters. The third-order valence-electron chi connectivity index (χ3n) is 5.58. The van der Waals surface area contributed by atoms with E-state index >= 15 is 0 Å². The number of imidazole rings is 1. The van der Waals surface area contributed by atoms with Crippen molar-refractivity contribution in [1.82, 2.24) is 19.8 Å². The van der Waals surface area contributed by atoms with Gasteiger partial charge in [-0.2, -0.15) is 0 Å². The Kier molecular flexibility index (Phi) is 5.65. The molecule has 1 aliphatic heterocycles. The van der Waals surface area contributed by atoms with Crippen molar-refractivity contribution in [3.05, 3.63) is 77.9 Å². The van der Waals surface area contributed by atoms with Crippen molar-refractivity contribution in [2.24, 2.45) is 13.0 Å². The Bertz CT molecular complexity index is 1060. The maximum atomic E-state index is 12.9. The van der Waals surface area contributed by atoms with Gasteiger partial charge in [-0.05, 0) is 30.0 Å². The first-order valence-electron chi connectivity index (χ1n) is 10.2. The number of rotatable bonds is 4. The van der Waals surface area contributed by atoms with E-state index in [-0.39, 0.29) is 17.7 Å². The first-order valence-corrected chi connectivity index (χ1v) is 10.2. The molecule has 2 heterocycles. The highest BCUT2D eigenvalue weighted by molar-refractivity contribution is 5.91. The van der Waals surface area contributed by atoms with Gasteiger partial charge in [-0.15, -0.1) is 0 Å². The van der Waals surface area contributed by atoms with Gasteiger partial charge in [-0.25, -0.2) is 4.98 Å². The summed E-state index contributed by atoms with van der Waals surface area (Å²) in [6.07, 6.45) is 3.95. The maximum absolute atomic E-state index is 12.9. The third kappa shape index (κ3) is 4.27. The van der Waals surface area contributed by atoms with Crippen LogP contribution in [0.25, 0.3) is 11.1 Å². The zero-order valence-electron chi connectivity index (χ0n) is 17.3. The van der Waals surface area contributed by atoms with Crippen LogP contribution in [0.5, 0.6) is 0 Å². The van der Waals surface area contributed by atoms with E-state index in [0.29, 0.717) is 31.9 Å². The van der Waals surface area contributed by atoms with E-state index in [4.69, 9.17) is 0 Å². The van der Waals surface area contributed by atoms with Gasteiger partial charge in [0, 0.05) is 39.1 Å². The van der Waals surface area contributed by atoms with Crippen LogP contribution in [0.1, 0.15) is 21.7 Å². The summed E-state index contributed by atoms with van der Waals surface area (Å²) in [5.41, 5.74) is 4.64. The second-order valence-corrected chi connectivity index (χ2v) is 7.87. The predicted molar refractivity (Wildman–Crippen MR) is 116 cm³/mol. The minimum absolute atomic E-state index is 0.00657. The molecule has 0 aliphatic carbocycles. The normalized spacial score (nSPS) is 16.8. The molecule has 0 spiro atoms. The van der Waals surface area contributed by atoms with Gasteiger partial charge in [0.05, 0.1) is 5.92 Å². The number of aromatic nitrogens is 2. The number of nitrogens with one attached hydrogen (secondary N) is 1. The Morgan fingerprint density at radius 3 is 2.67 bits per heavy atom. The molecule has 2 aromatic carbocycles. The second kappa shape index (κ2) is 8.53. The average molecular weight is 402 g/mol. The molecule has 154 valence electrons. The van der Waals surface area contributed by atoms with Crippen LogP contribution in [-0.2, 0) is 18.3 Å². The summed E-state index contributed by atoms with van der Waals surface area (Å²) in [4.78, 5) is 31.4. The van der Waals surface area contributed by atoms with Crippen molar-refractivity contribution < 1.29 is 9.59 Å². The summed E-state index contributed by atoms with van der Waals surface area (Å²) in [7, 11) is 1.80. The van der Waals surface area contributed by atoms with Gasteiger partial charge in [0.2, 0.25) is 5.91 Å². The topological polar surface area (TPSA) is 67.2 Å². The van der Waals surface area contributed by atoms with Crippen LogP contribution in [0.3, 0.4) is 0 Å². The van der Waals surface area contributed by atoms with Crippen molar-refractivity contribution in [1.29, 1.82) is 0 Å². The van der Waals surface area contributed by atoms with Gasteiger partial charge in [0.25, 0.3) is 5.91 Å². The summed E-state index contributed by atoms with van der Waals surface area (Å²) < 4.78 is 1.71. The first-order chi connectivity index (χ1) is 14.5. The number of hydrogen-bond donors (Lipinski definition) is 1. The lowest BCUT2D eigenvalue weighted by atomic mass is 9.95. The highest BCUT2D eigenvalue weighted by Gasteiger charge is 2.29. The number of aryl methyl sites for hydroxylation is 2. The van der Waals surface area contributed by atoms with Crippen molar-refractivity contribution in [2.45, 2.75) is 13.3 Å². The molecule has 1 fully saturated rings. The van der Waals surface area contributed by atoms with Crippen LogP contribution in [0.4, 0.5) is 0 Å². The number of carbonyl (C=O) groups is 2. The molecule has 3 aromatic rings. The number of carbonyl (C=O) groups excluding carboxylic acids is 2. The number of hydrogen-bond acceptors (Lipinski definition) is 3. The van der Waals surface area contributed by atoms with Crippen LogP contribution in [-0.4, -0.2) is 45.9 Å². The summed E-state index contributed by atoms with van der Waals surface area (Å²) in [6.45, 7) is 3.41. The van der Waals surface area contributed by atoms with E-state index in [2.05, 4.69) is 65.8 Å². The lowest BCUT2D eigenvalue weighted by Gasteiger charge is -2.23.